The van der Waals surface area contributed by atoms with Gasteiger partial charge >= 0.3 is 5.97 Å². The minimum Gasteiger partial charge on any atom is -0.465 e. The van der Waals surface area contributed by atoms with E-state index in [1.807, 2.05) is 0 Å². The third kappa shape index (κ3) is 4.85. The monoisotopic (exact) mass is 462 g/mol. The molecule has 33 heavy (non-hydrogen) atoms. The van der Waals surface area contributed by atoms with Crippen LogP contribution in [-0.2, 0) is 16.0 Å². The molecule has 166 valence electrons. The summed E-state index contributed by atoms with van der Waals surface area (Å²) in [6.07, 6.45) is 3.27. The average Bonchev–Trinajstić information content (AvgIpc) is 3.38. The molecule has 0 saturated heterocycles. The van der Waals surface area contributed by atoms with Crippen LogP contribution in [0, 0.1) is 0 Å². The molecule has 4 rings (SSSR count). The van der Waals surface area contributed by atoms with Gasteiger partial charge in [-0.2, -0.15) is 0 Å². The van der Waals surface area contributed by atoms with Crippen LogP contribution >= 0.6 is 11.3 Å². The Morgan fingerprint density at radius 3 is 2.33 bits per heavy atom. The molecule has 3 aromatic rings. The first-order chi connectivity index (χ1) is 16.0. The summed E-state index contributed by atoms with van der Waals surface area (Å²) in [7, 11) is 1.31. The maximum atomic E-state index is 12.4. The van der Waals surface area contributed by atoms with Crippen LogP contribution in [0.5, 0.6) is 0 Å². The van der Waals surface area contributed by atoms with E-state index in [-0.39, 0.29) is 18.4 Å². The molecule has 1 aliphatic heterocycles. The Kier molecular flexibility index (Phi) is 6.36. The number of rotatable bonds is 7. The number of aromatic nitrogens is 2. The molecule has 2 heterocycles. The van der Waals surface area contributed by atoms with Gasteiger partial charge in [-0.1, -0.05) is 35.6 Å². The highest BCUT2D eigenvalue weighted by Crippen LogP contribution is 2.23. The summed E-state index contributed by atoms with van der Waals surface area (Å²) in [5.41, 5.74) is 1.96. The number of nitrogens with one attached hydrogen (secondary N) is 1. The van der Waals surface area contributed by atoms with Gasteiger partial charge in [0.25, 0.3) is 11.8 Å². The Labute approximate surface area is 192 Å². The summed E-state index contributed by atoms with van der Waals surface area (Å²) in [5.74, 6) is -1.47. The average molecular weight is 462 g/mol. The number of fused-ring (bicyclic) bond motifs is 1. The second kappa shape index (κ2) is 9.53. The van der Waals surface area contributed by atoms with E-state index in [4.69, 9.17) is 0 Å². The molecule has 0 saturated carbocycles. The summed E-state index contributed by atoms with van der Waals surface area (Å²) in [5, 5.41) is 11.5. The number of hydrogen-bond donors (Lipinski definition) is 1. The van der Waals surface area contributed by atoms with Gasteiger partial charge in [0.2, 0.25) is 11.0 Å². The van der Waals surface area contributed by atoms with Gasteiger partial charge < -0.3 is 4.74 Å². The van der Waals surface area contributed by atoms with Gasteiger partial charge in [-0.15, -0.1) is 10.2 Å². The van der Waals surface area contributed by atoms with Crippen LogP contribution in [0.3, 0.4) is 0 Å². The number of anilines is 1. The van der Waals surface area contributed by atoms with Gasteiger partial charge in [0.15, 0.2) is 0 Å². The maximum absolute atomic E-state index is 12.4. The summed E-state index contributed by atoms with van der Waals surface area (Å²) in [6, 6.07) is 13.3. The van der Waals surface area contributed by atoms with Crippen LogP contribution in [0.1, 0.15) is 41.6 Å². The van der Waals surface area contributed by atoms with Crippen LogP contribution in [0.4, 0.5) is 5.13 Å². The summed E-state index contributed by atoms with van der Waals surface area (Å²) < 4.78 is 4.65. The van der Waals surface area contributed by atoms with Gasteiger partial charge in [0, 0.05) is 19.0 Å². The van der Waals surface area contributed by atoms with Crippen LogP contribution in [0.25, 0.3) is 6.08 Å². The zero-order chi connectivity index (χ0) is 23.4. The summed E-state index contributed by atoms with van der Waals surface area (Å²) >= 11 is 1.17. The zero-order valence-electron chi connectivity index (χ0n) is 17.5. The second-order valence-electron chi connectivity index (χ2n) is 6.99. The molecule has 10 heteroatoms. The largest absolute Gasteiger partial charge is 0.465 e. The zero-order valence-corrected chi connectivity index (χ0v) is 18.3. The topological polar surface area (TPSA) is 119 Å². The SMILES string of the molecule is COC(=O)c1ccc(/C=C/C(=O)Nc2nnc(CCN3C(=O)c4ccccc4C3=O)s2)cc1. The highest BCUT2D eigenvalue weighted by atomic mass is 32.1. The quantitative estimate of drug-likeness (QED) is 0.326. The lowest BCUT2D eigenvalue weighted by molar-refractivity contribution is -0.111. The van der Waals surface area contributed by atoms with Crippen LogP contribution in [0.2, 0.25) is 0 Å². The first kappa shape index (κ1) is 22.0. The smallest absolute Gasteiger partial charge is 0.337 e. The van der Waals surface area contributed by atoms with Crippen molar-refractivity contribution < 1.29 is 23.9 Å². The molecule has 0 aliphatic carbocycles. The molecule has 2 aromatic carbocycles. The minimum absolute atomic E-state index is 0.177. The van der Waals surface area contributed by atoms with Gasteiger partial charge in [-0.3, -0.25) is 24.6 Å². The molecule has 0 spiro atoms. The van der Waals surface area contributed by atoms with Crippen LogP contribution in [-0.4, -0.2) is 52.4 Å². The van der Waals surface area contributed by atoms with E-state index in [0.29, 0.717) is 33.3 Å². The van der Waals surface area contributed by atoms with E-state index in [1.165, 1.54) is 29.4 Å². The summed E-state index contributed by atoms with van der Waals surface area (Å²) in [4.78, 5) is 49.6. The van der Waals surface area contributed by atoms with Gasteiger partial charge in [-0.25, -0.2) is 4.79 Å². The molecule has 1 N–H and O–H groups in total. The third-order valence-electron chi connectivity index (χ3n) is 4.88. The van der Waals surface area contributed by atoms with E-state index in [9.17, 15) is 19.2 Å². The minimum atomic E-state index is -0.432. The molecular weight excluding hydrogens is 444 g/mol. The maximum Gasteiger partial charge on any atom is 0.337 e. The number of hydrogen-bond acceptors (Lipinski definition) is 8. The second-order valence-corrected chi connectivity index (χ2v) is 8.06. The van der Waals surface area contributed by atoms with Gasteiger partial charge in [0.05, 0.1) is 23.8 Å². The highest BCUT2D eigenvalue weighted by molar-refractivity contribution is 7.15. The predicted molar refractivity (Wildman–Crippen MR) is 121 cm³/mol. The Morgan fingerprint density at radius 1 is 1.03 bits per heavy atom. The first-order valence-corrected chi connectivity index (χ1v) is 10.7. The Bertz CT molecular complexity index is 1230. The fraction of sp³-hybridized carbons (Fsp3) is 0.130. The number of imide groups is 1. The van der Waals surface area contributed by atoms with Crippen LogP contribution in [0.15, 0.2) is 54.6 Å². The Balaban J connectivity index is 1.30. The van der Waals surface area contributed by atoms with Crippen molar-refractivity contribution in [2.45, 2.75) is 6.42 Å². The lowest BCUT2D eigenvalue weighted by atomic mass is 10.1. The summed E-state index contributed by atoms with van der Waals surface area (Å²) in [6.45, 7) is 0.177. The van der Waals surface area contributed by atoms with E-state index in [1.54, 1.807) is 54.6 Å². The number of carbonyl (C=O) groups is 4. The van der Waals surface area contributed by atoms with Crippen molar-refractivity contribution in [3.8, 4) is 0 Å². The van der Waals surface area contributed by atoms with Crippen molar-refractivity contribution in [2.75, 3.05) is 19.0 Å². The lowest BCUT2D eigenvalue weighted by Gasteiger charge is -2.11. The van der Waals surface area contributed by atoms with Crippen molar-refractivity contribution in [2.24, 2.45) is 0 Å². The Morgan fingerprint density at radius 2 is 1.70 bits per heavy atom. The van der Waals surface area contributed by atoms with Crippen molar-refractivity contribution in [3.63, 3.8) is 0 Å². The van der Waals surface area contributed by atoms with Crippen LogP contribution < -0.4 is 5.32 Å². The molecule has 1 aliphatic rings. The fourth-order valence-corrected chi connectivity index (χ4v) is 3.95. The normalized spacial score (nSPS) is 12.8. The van der Waals surface area contributed by atoms with E-state index < -0.39 is 11.9 Å². The number of methoxy groups -OCH3 is 1. The standard InChI is InChI=1S/C23H18N4O5S/c1-32-22(31)15-9-6-14(7-10-15)8-11-18(28)24-23-26-25-19(33-23)12-13-27-20(29)16-4-2-3-5-17(16)21(27)30/h2-11H,12-13H2,1H3,(H,24,26,28)/b11-8+. The number of amides is 3. The molecule has 9 nitrogen and oxygen atoms in total. The molecule has 0 atom stereocenters. The fourth-order valence-electron chi connectivity index (χ4n) is 3.22. The molecule has 0 unspecified atom stereocenters. The number of esters is 1. The van der Waals surface area contributed by atoms with Gasteiger partial charge in [-0.05, 0) is 35.9 Å². The van der Waals surface area contributed by atoms with E-state index in [2.05, 4.69) is 20.3 Å². The molecule has 0 radical (unpaired) electrons. The molecule has 1 aromatic heterocycles. The van der Waals surface area contributed by atoms with E-state index >= 15 is 0 Å². The third-order valence-corrected chi connectivity index (χ3v) is 5.78. The molecule has 0 fully saturated rings. The number of ether oxygens (including phenoxy) is 1. The number of benzene rings is 2. The molecule has 0 bridgehead atoms. The molecular formula is C23H18N4O5S. The van der Waals surface area contributed by atoms with Crippen molar-refractivity contribution >= 4 is 46.2 Å². The van der Waals surface area contributed by atoms with Crippen molar-refractivity contribution in [1.29, 1.82) is 0 Å². The van der Waals surface area contributed by atoms with Gasteiger partial charge in [0.1, 0.15) is 5.01 Å². The Hall–Kier alpha value is -4.18. The predicted octanol–water partition coefficient (Wildman–Crippen LogP) is 2.82. The first-order valence-electron chi connectivity index (χ1n) is 9.91. The number of nitrogens with zero attached hydrogens (tertiary/aromatic N) is 3. The molecule has 3 amide bonds. The van der Waals surface area contributed by atoms with E-state index in [0.717, 1.165) is 5.56 Å². The highest BCUT2D eigenvalue weighted by Gasteiger charge is 2.34. The number of carbonyl (C=O) groups excluding carboxylic acids is 4. The van der Waals surface area contributed by atoms with Crippen molar-refractivity contribution in [3.05, 3.63) is 81.9 Å². The van der Waals surface area contributed by atoms with Crippen molar-refractivity contribution in [1.82, 2.24) is 15.1 Å². The lowest BCUT2D eigenvalue weighted by Crippen LogP contribution is -2.31.